The molecule has 0 aliphatic carbocycles. The van der Waals surface area contributed by atoms with Crippen molar-refractivity contribution in [3.8, 4) is 0 Å². The fraction of sp³-hybridized carbons (Fsp3) is 0.400. The van der Waals surface area contributed by atoms with Gasteiger partial charge in [0.2, 0.25) is 9.05 Å². The molecule has 1 fully saturated rings. The second kappa shape index (κ2) is 4.96. The van der Waals surface area contributed by atoms with Gasteiger partial charge in [0.05, 0.1) is 24.2 Å². The molecule has 16 heavy (non-hydrogen) atoms. The van der Waals surface area contributed by atoms with Gasteiger partial charge in [0.1, 0.15) is 0 Å². The minimum absolute atomic E-state index is 0.119. The molecule has 0 saturated carbocycles. The van der Waals surface area contributed by atoms with Gasteiger partial charge in [0.15, 0.2) is 0 Å². The van der Waals surface area contributed by atoms with E-state index in [1.165, 1.54) is 0 Å². The summed E-state index contributed by atoms with van der Waals surface area (Å²) in [6, 6.07) is 7.42. The smallest absolute Gasteiger partial charge is 0.236 e. The van der Waals surface area contributed by atoms with Crippen LogP contribution in [0.15, 0.2) is 29.2 Å². The fourth-order valence-electron chi connectivity index (χ4n) is 1.34. The molecule has 6 heteroatoms. The van der Waals surface area contributed by atoms with Crippen molar-refractivity contribution in [2.24, 2.45) is 0 Å². The maximum Gasteiger partial charge on any atom is 0.236 e. The standard InChI is InChI=1S/C10H11ClO3S2/c11-16(12,13)7-8-1-3-9(4-2-8)15-10-5-14-6-10/h1-4,10H,5-7H2. The Morgan fingerprint density at radius 2 is 1.94 bits per heavy atom. The molecule has 0 amide bonds. The highest BCUT2D eigenvalue weighted by Gasteiger charge is 2.19. The molecule has 1 aliphatic heterocycles. The predicted octanol–water partition coefficient (Wildman–Crippen LogP) is 2.25. The van der Waals surface area contributed by atoms with Gasteiger partial charge in [-0.1, -0.05) is 12.1 Å². The summed E-state index contributed by atoms with van der Waals surface area (Å²) in [6.45, 7) is 1.59. The summed E-state index contributed by atoms with van der Waals surface area (Å²) in [5.41, 5.74) is 0.712. The molecule has 1 aromatic carbocycles. The summed E-state index contributed by atoms with van der Waals surface area (Å²) in [5, 5.41) is 0.530. The molecular formula is C10H11ClO3S2. The van der Waals surface area contributed by atoms with E-state index in [2.05, 4.69) is 0 Å². The topological polar surface area (TPSA) is 43.4 Å². The second-order valence-corrected chi connectivity index (χ2v) is 7.76. The molecule has 1 saturated heterocycles. The van der Waals surface area contributed by atoms with E-state index in [0.29, 0.717) is 10.8 Å². The largest absolute Gasteiger partial charge is 0.379 e. The molecule has 0 N–H and O–H groups in total. The zero-order chi connectivity index (χ0) is 11.6. The molecule has 0 bridgehead atoms. The van der Waals surface area contributed by atoms with Gasteiger partial charge in [0.25, 0.3) is 0 Å². The lowest BCUT2D eigenvalue weighted by Crippen LogP contribution is -2.29. The minimum atomic E-state index is -3.46. The Labute approximate surface area is 104 Å². The van der Waals surface area contributed by atoms with Crippen molar-refractivity contribution in [3.63, 3.8) is 0 Å². The SMILES string of the molecule is O=S(=O)(Cl)Cc1ccc(SC2COC2)cc1. The van der Waals surface area contributed by atoms with E-state index in [1.54, 1.807) is 23.9 Å². The summed E-state index contributed by atoms with van der Waals surface area (Å²) >= 11 is 1.75. The minimum Gasteiger partial charge on any atom is -0.379 e. The molecule has 0 unspecified atom stereocenters. The molecule has 1 aliphatic rings. The van der Waals surface area contributed by atoms with Gasteiger partial charge in [-0.05, 0) is 17.7 Å². The Balaban J connectivity index is 1.98. The van der Waals surface area contributed by atoms with E-state index in [1.807, 2.05) is 12.1 Å². The van der Waals surface area contributed by atoms with Crippen LogP contribution in [-0.4, -0.2) is 26.9 Å². The van der Waals surface area contributed by atoms with Crippen LogP contribution in [-0.2, 0) is 19.5 Å². The first-order valence-corrected chi connectivity index (χ1v) is 8.14. The Morgan fingerprint density at radius 1 is 1.31 bits per heavy atom. The molecule has 0 aromatic heterocycles. The maximum absolute atomic E-state index is 10.9. The van der Waals surface area contributed by atoms with Gasteiger partial charge in [0, 0.05) is 15.6 Å². The third-order valence-electron chi connectivity index (χ3n) is 2.17. The van der Waals surface area contributed by atoms with Gasteiger partial charge in [-0.15, -0.1) is 11.8 Å². The Kier molecular flexibility index (Phi) is 3.79. The lowest BCUT2D eigenvalue weighted by Gasteiger charge is -2.25. The second-order valence-electron chi connectivity index (χ2n) is 3.60. The van der Waals surface area contributed by atoms with Gasteiger partial charge < -0.3 is 4.74 Å². The highest BCUT2D eigenvalue weighted by Crippen LogP contribution is 2.28. The quantitative estimate of drug-likeness (QED) is 0.793. The van der Waals surface area contributed by atoms with Crippen LogP contribution in [0.4, 0.5) is 0 Å². The number of benzene rings is 1. The monoisotopic (exact) mass is 278 g/mol. The number of thioether (sulfide) groups is 1. The number of hydrogen-bond donors (Lipinski definition) is 0. The van der Waals surface area contributed by atoms with E-state index >= 15 is 0 Å². The number of hydrogen-bond acceptors (Lipinski definition) is 4. The molecule has 0 spiro atoms. The van der Waals surface area contributed by atoms with Gasteiger partial charge in [-0.3, -0.25) is 0 Å². The van der Waals surface area contributed by atoms with Crippen LogP contribution in [0, 0.1) is 0 Å². The van der Waals surface area contributed by atoms with E-state index in [9.17, 15) is 8.42 Å². The van der Waals surface area contributed by atoms with E-state index in [0.717, 1.165) is 18.1 Å². The zero-order valence-corrected chi connectivity index (χ0v) is 10.8. The lowest BCUT2D eigenvalue weighted by atomic mass is 10.2. The van der Waals surface area contributed by atoms with Crippen molar-refractivity contribution in [1.82, 2.24) is 0 Å². The highest BCUT2D eigenvalue weighted by atomic mass is 35.7. The first kappa shape index (κ1) is 12.2. The molecular weight excluding hydrogens is 268 g/mol. The first-order chi connectivity index (χ1) is 7.53. The van der Waals surface area contributed by atoms with Gasteiger partial charge >= 0.3 is 0 Å². The number of rotatable bonds is 4. The van der Waals surface area contributed by atoms with Crippen molar-refractivity contribution < 1.29 is 13.2 Å². The third kappa shape index (κ3) is 3.66. The molecule has 88 valence electrons. The van der Waals surface area contributed by atoms with Crippen molar-refractivity contribution in [2.45, 2.75) is 15.9 Å². The summed E-state index contributed by atoms with van der Waals surface area (Å²) in [4.78, 5) is 1.13. The zero-order valence-electron chi connectivity index (χ0n) is 8.43. The Hall–Kier alpha value is -0.230. The van der Waals surface area contributed by atoms with Crippen LogP contribution in [0.5, 0.6) is 0 Å². The third-order valence-corrected chi connectivity index (χ3v) is 4.33. The normalized spacial score (nSPS) is 17.1. The Bertz CT molecular complexity index is 451. The van der Waals surface area contributed by atoms with Crippen LogP contribution < -0.4 is 0 Å². The van der Waals surface area contributed by atoms with E-state index in [4.69, 9.17) is 15.4 Å². The molecule has 0 radical (unpaired) electrons. The molecule has 2 rings (SSSR count). The van der Waals surface area contributed by atoms with E-state index in [-0.39, 0.29) is 5.75 Å². The molecule has 0 atom stereocenters. The average molecular weight is 279 g/mol. The lowest BCUT2D eigenvalue weighted by molar-refractivity contribution is 0.0455. The van der Waals surface area contributed by atoms with Crippen molar-refractivity contribution in [2.75, 3.05) is 13.2 Å². The fourth-order valence-corrected chi connectivity index (χ4v) is 3.31. The summed E-state index contributed by atoms with van der Waals surface area (Å²) in [7, 11) is 1.71. The average Bonchev–Trinajstić information content (AvgIpc) is 2.11. The van der Waals surface area contributed by atoms with Gasteiger partial charge in [-0.25, -0.2) is 8.42 Å². The van der Waals surface area contributed by atoms with Crippen LogP contribution in [0.2, 0.25) is 0 Å². The summed E-state index contributed by atoms with van der Waals surface area (Å²) in [6.07, 6.45) is 0. The molecule has 1 heterocycles. The first-order valence-electron chi connectivity index (χ1n) is 4.78. The van der Waals surface area contributed by atoms with Crippen molar-refractivity contribution in [1.29, 1.82) is 0 Å². The number of ether oxygens (including phenoxy) is 1. The van der Waals surface area contributed by atoms with Crippen molar-refractivity contribution in [3.05, 3.63) is 29.8 Å². The van der Waals surface area contributed by atoms with Gasteiger partial charge in [-0.2, -0.15) is 0 Å². The predicted molar refractivity (Wildman–Crippen MR) is 65.4 cm³/mol. The molecule has 3 nitrogen and oxygen atoms in total. The van der Waals surface area contributed by atoms with E-state index < -0.39 is 9.05 Å². The molecule has 1 aromatic rings. The van der Waals surface area contributed by atoms with Crippen LogP contribution in [0.25, 0.3) is 0 Å². The van der Waals surface area contributed by atoms with Crippen molar-refractivity contribution >= 4 is 31.5 Å². The summed E-state index contributed by atoms with van der Waals surface area (Å²) < 4.78 is 26.8. The van der Waals surface area contributed by atoms with Crippen LogP contribution in [0.1, 0.15) is 5.56 Å². The summed E-state index contributed by atoms with van der Waals surface area (Å²) in [5.74, 6) is -0.119. The highest BCUT2D eigenvalue weighted by molar-refractivity contribution is 8.13. The Morgan fingerprint density at radius 3 is 2.38 bits per heavy atom. The number of halogens is 1. The van der Waals surface area contributed by atoms with Crippen LogP contribution in [0.3, 0.4) is 0 Å². The van der Waals surface area contributed by atoms with Crippen LogP contribution >= 0.6 is 22.4 Å². The maximum atomic E-state index is 10.9.